The number of hydrogen-bond donors (Lipinski definition) is 2. The van der Waals surface area contributed by atoms with Crippen molar-refractivity contribution in [2.75, 3.05) is 6.61 Å². The van der Waals surface area contributed by atoms with Gasteiger partial charge in [0.15, 0.2) is 17.4 Å². The molecule has 0 atom stereocenters. The second-order valence-corrected chi connectivity index (χ2v) is 5.27. The summed E-state index contributed by atoms with van der Waals surface area (Å²) >= 11 is 0. The highest BCUT2D eigenvalue weighted by molar-refractivity contribution is 5.92. The number of unbranched alkanes of at least 4 members (excludes halogenated alkanes) is 6. The molecular weight excluding hydrogens is 313 g/mol. The minimum atomic E-state index is -1.98. The molecule has 0 aliphatic heterocycles. The topological polar surface area (TPSA) is 66.8 Å². The molecule has 23 heavy (non-hydrogen) atoms. The number of carboxylic acid groups (broad SMARTS) is 1. The summed E-state index contributed by atoms with van der Waals surface area (Å²) in [5, 5.41) is 18.3. The second kappa shape index (κ2) is 9.27. The average molecular weight is 334 g/mol. The number of rotatable bonds is 10. The fourth-order valence-corrected chi connectivity index (χ4v) is 2.19. The molecule has 0 saturated carbocycles. The molecule has 1 aromatic carbocycles. The Labute approximate surface area is 132 Å². The lowest BCUT2D eigenvalue weighted by Gasteiger charge is -2.12. The van der Waals surface area contributed by atoms with E-state index in [1.54, 1.807) is 0 Å². The Bertz CT molecular complexity index is 547. The summed E-state index contributed by atoms with van der Waals surface area (Å²) < 4.78 is 45.2. The highest BCUT2D eigenvalue weighted by Gasteiger charge is 2.29. The van der Waals surface area contributed by atoms with Crippen molar-refractivity contribution >= 4 is 5.97 Å². The molecule has 0 unspecified atom stereocenters. The molecule has 0 saturated heterocycles. The SMILES string of the molecule is CCCCCCCCCOc1c(O)c(C(=O)O)c(F)c(F)c1F. The lowest BCUT2D eigenvalue weighted by Crippen LogP contribution is -2.09. The minimum Gasteiger partial charge on any atom is -0.504 e. The Kier molecular flexibility index (Phi) is 7.71. The van der Waals surface area contributed by atoms with Crippen LogP contribution >= 0.6 is 0 Å². The van der Waals surface area contributed by atoms with E-state index in [0.29, 0.717) is 6.42 Å². The van der Waals surface area contributed by atoms with Crippen LogP contribution in [0, 0.1) is 17.5 Å². The largest absolute Gasteiger partial charge is 0.504 e. The van der Waals surface area contributed by atoms with Gasteiger partial charge >= 0.3 is 5.97 Å². The zero-order chi connectivity index (χ0) is 17.4. The molecule has 2 N–H and O–H groups in total. The van der Waals surface area contributed by atoms with Gasteiger partial charge in [-0.15, -0.1) is 0 Å². The normalized spacial score (nSPS) is 10.8. The van der Waals surface area contributed by atoms with Gasteiger partial charge in [-0.3, -0.25) is 0 Å². The number of halogens is 3. The quantitative estimate of drug-likeness (QED) is 0.483. The van der Waals surface area contributed by atoms with E-state index in [2.05, 4.69) is 6.92 Å². The first-order chi connectivity index (χ1) is 10.9. The maximum atomic E-state index is 13.6. The molecule has 0 aliphatic rings. The first-order valence-corrected chi connectivity index (χ1v) is 7.67. The molecular formula is C16H21F3O4. The van der Waals surface area contributed by atoms with E-state index in [1.165, 1.54) is 6.42 Å². The summed E-state index contributed by atoms with van der Waals surface area (Å²) in [7, 11) is 0. The molecule has 0 fully saturated rings. The highest BCUT2D eigenvalue weighted by Crippen LogP contribution is 2.37. The smallest absolute Gasteiger partial charge is 0.342 e. The molecule has 0 aromatic heterocycles. The van der Waals surface area contributed by atoms with Gasteiger partial charge in [-0.1, -0.05) is 45.4 Å². The third-order valence-electron chi connectivity index (χ3n) is 3.46. The standard InChI is InChI=1S/C16H21F3O4/c1-2-3-4-5-6-7-8-9-23-15-13(19)12(18)11(17)10(14(15)20)16(21)22/h20H,2-9H2,1H3,(H,21,22). The van der Waals surface area contributed by atoms with Gasteiger partial charge in [0.25, 0.3) is 0 Å². The Balaban J connectivity index is 2.62. The van der Waals surface area contributed by atoms with Crippen LogP contribution in [0.1, 0.15) is 62.2 Å². The first kappa shape index (κ1) is 19.1. The van der Waals surface area contributed by atoms with Gasteiger partial charge in [0.1, 0.15) is 5.56 Å². The van der Waals surface area contributed by atoms with Gasteiger partial charge < -0.3 is 14.9 Å². The monoisotopic (exact) mass is 334 g/mol. The van der Waals surface area contributed by atoms with Crippen molar-refractivity contribution in [2.24, 2.45) is 0 Å². The molecule has 1 aromatic rings. The number of ether oxygens (including phenoxy) is 1. The number of benzene rings is 1. The lowest BCUT2D eigenvalue weighted by molar-refractivity contribution is 0.0685. The van der Waals surface area contributed by atoms with Gasteiger partial charge in [0, 0.05) is 0 Å². The fourth-order valence-electron chi connectivity index (χ4n) is 2.19. The van der Waals surface area contributed by atoms with Crippen molar-refractivity contribution < 1.29 is 32.9 Å². The molecule has 0 amide bonds. The molecule has 1 rings (SSSR count). The van der Waals surface area contributed by atoms with Crippen LogP contribution in [-0.2, 0) is 0 Å². The van der Waals surface area contributed by atoms with Crippen molar-refractivity contribution in [2.45, 2.75) is 51.9 Å². The number of phenols is 1. The Hall–Kier alpha value is -1.92. The summed E-state index contributed by atoms with van der Waals surface area (Å²) in [6.45, 7) is 2.09. The van der Waals surface area contributed by atoms with Crippen LogP contribution in [0.4, 0.5) is 13.2 Å². The van der Waals surface area contributed by atoms with Crippen LogP contribution in [-0.4, -0.2) is 22.8 Å². The van der Waals surface area contributed by atoms with E-state index in [9.17, 15) is 23.1 Å². The summed E-state index contributed by atoms with van der Waals surface area (Å²) in [5.74, 6) is -9.76. The van der Waals surface area contributed by atoms with Gasteiger partial charge in [-0.2, -0.15) is 4.39 Å². The molecule has 0 bridgehead atoms. The predicted molar refractivity (Wildman–Crippen MR) is 78.4 cm³/mol. The number of carbonyl (C=O) groups is 1. The minimum absolute atomic E-state index is 0.0254. The Morgan fingerprint density at radius 2 is 1.52 bits per heavy atom. The Morgan fingerprint density at radius 1 is 0.957 bits per heavy atom. The maximum absolute atomic E-state index is 13.6. The van der Waals surface area contributed by atoms with E-state index in [4.69, 9.17) is 9.84 Å². The van der Waals surface area contributed by atoms with Crippen molar-refractivity contribution in [3.8, 4) is 11.5 Å². The second-order valence-electron chi connectivity index (χ2n) is 5.27. The zero-order valence-corrected chi connectivity index (χ0v) is 13.0. The Morgan fingerprint density at radius 3 is 2.09 bits per heavy atom. The van der Waals surface area contributed by atoms with E-state index in [-0.39, 0.29) is 6.61 Å². The molecule has 0 heterocycles. The number of hydrogen-bond acceptors (Lipinski definition) is 3. The van der Waals surface area contributed by atoms with E-state index in [0.717, 1.165) is 32.1 Å². The van der Waals surface area contributed by atoms with Gasteiger partial charge in [-0.25, -0.2) is 13.6 Å². The van der Waals surface area contributed by atoms with Crippen LogP contribution in [0.15, 0.2) is 0 Å². The molecule has 0 aliphatic carbocycles. The van der Waals surface area contributed by atoms with Crippen LogP contribution < -0.4 is 4.74 Å². The highest BCUT2D eigenvalue weighted by atomic mass is 19.2. The van der Waals surface area contributed by atoms with Crippen molar-refractivity contribution in [3.63, 3.8) is 0 Å². The van der Waals surface area contributed by atoms with Crippen LogP contribution in [0.25, 0.3) is 0 Å². The zero-order valence-electron chi connectivity index (χ0n) is 13.0. The van der Waals surface area contributed by atoms with E-state index >= 15 is 0 Å². The number of aromatic hydroxyl groups is 1. The number of aromatic carboxylic acids is 1. The molecule has 7 heteroatoms. The van der Waals surface area contributed by atoms with Gasteiger partial charge in [0.05, 0.1) is 6.61 Å². The van der Waals surface area contributed by atoms with E-state index < -0.39 is 40.5 Å². The van der Waals surface area contributed by atoms with Crippen LogP contribution in [0.2, 0.25) is 0 Å². The molecule has 130 valence electrons. The number of carboxylic acids is 1. The van der Waals surface area contributed by atoms with Crippen molar-refractivity contribution in [1.29, 1.82) is 0 Å². The summed E-state index contributed by atoms with van der Waals surface area (Å²) in [6.07, 6.45) is 6.83. The van der Waals surface area contributed by atoms with Gasteiger partial charge in [0.2, 0.25) is 11.6 Å². The molecule has 0 radical (unpaired) electrons. The average Bonchev–Trinajstić information content (AvgIpc) is 2.50. The third kappa shape index (κ3) is 5.04. The van der Waals surface area contributed by atoms with Crippen LogP contribution in [0.5, 0.6) is 11.5 Å². The fraction of sp³-hybridized carbons (Fsp3) is 0.562. The summed E-state index contributed by atoms with van der Waals surface area (Å²) in [6, 6.07) is 0. The van der Waals surface area contributed by atoms with Gasteiger partial charge in [-0.05, 0) is 6.42 Å². The lowest BCUT2D eigenvalue weighted by atomic mass is 10.1. The van der Waals surface area contributed by atoms with Crippen LogP contribution in [0.3, 0.4) is 0 Å². The van der Waals surface area contributed by atoms with E-state index in [1.807, 2.05) is 0 Å². The molecule has 4 nitrogen and oxygen atoms in total. The molecule has 0 spiro atoms. The third-order valence-corrected chi connectivity index (χ3v) is 3.46. The van der Waals surface area contributed by atoms with Crippen molar-refractivity contribution in [3.05, 3.63) is 23.0 Å². The summed E-state index contributed by atoms with van der Waals surface area (Å²) in [5.41, 5.74) is -1.33. The maximum Gasteiger partial charge on any atom is 0.342 e. The predicted octanol–water partition coefficient (Wildman–Crippen LogP) is 4.64. The van der Waals surface area contributed by atoms with Crippen molar-refractivity contribution in [1.82, 2.24) is 0 Å². The first-order valence-electron chi connectivity index (χ1n) is 7.67. The summed E-state index contributed by atoms with van der Waals surface area (Å²) in [4.78, 5) is 10.8.